The Morgan fingerprint density at radius 1 is 1.58 bits per heavy atom. The van der Waals surface area contributed by atoms with Gasteiger partial charge in [0, 0.05) is 17.3 Å². The van der Waals surface area contributed by atoms with Crippen LogP contribution in [-0.4, -0.2) is 22.8 Å². The first kappa shape index (κ1) is 8.81. The predicted octanol–water partition coefficient (Wildman–Crippen LogP) is 1.13. The van der Waals surface area contributed by atoms with E-state index in [2.05, 4.69) is 15.3 Å². The van der Waals surface area contributed by atoms with Gasteiger partial charge in [0.25, 0.3) is 0 Å². The van der Waals surface area contributed by atoms with Gasteiger partial charge in [-0.15, -0.1) is 11.8 Å². The summed E-state index contributed by atoms with van der Waals surface area (Å²) < 4.78 is 0. The van der Waals surface area contributed by atoms with Crippen LogP contribution in [0.5, 0.6) is 0 Å². The summed E-state index contributed by atoms with van der Waals surface area (Å²) in [5.74, 6) is 0.495. The Bertz CT molecular complexity index is 276. The molecule has 0 radical (unpaired) electrons. The van der Waals surface area contributed by atoms with Crippen LogP contribution in [0.2, 0.25) is 0 Å². The topological polar surface area (TPSA) is 61.6 Å². The van der Waals surface area contributed by atoms with E-state index in [1.54, 1.807) is 24.2 Å². The lowest BCUT2D eigenvalue weighted by Crippen LogP contribution is -2.02. The second-order valence-corrected chi connectivity index (χ2v) is 2.84. The smallest absolute Gasteiger partial charge is 0.223 e. The number of nitrogens with one attached hydrogen (secondary N) is 1. The van der Waals surface area contributed by atoms with E-state index in [1.165, 1.54) is 0 Å². The molecule has 1 rings (SSSR count). The van der Waals surface area contributed by atoms with Crippen LogP contribution in [0.1, 0.15) is 0 Å². The van der Waals surface area contributed by atoms with Crippen molar-refractivity contribution in [3.8, 4) is 6.07 Å². The van der Waals surface area contributed by atoms with Gasteiger partial charge in [0.15, 0.2) is 0 Å². The molecule has 0 aliphatic heterocycles. The predicted molar refractivity (Wildman–Crippen MR) is 47.9 cm³/mol. The van der Waals surface area contributed by atoms with Gasteiger partial charge in [-0.25, -0.2) is 9.97 Å². The normalized spacial score (nSPS) is 9.00. The summed E-state index contributed by atoms with van der Waals surface area (Å²) in [5, 5.41) is 11.0. The lowest BCUT2D eigenvalue weighted by Gasteiger charge is -1.99. The molecule has 0 saturated carbocycles. The minimum absolute atomic E-state index is 0.235. The average molecular weight is 180 g/mol. The fraction of sp³-hybridized carbons (Fsp3) is 0.286. The van der Waals surface area contributed by atoms with Gasteiger partial charge in [-0.2, -0.15) is 5.26 Å². The van der Waals surface area contributed by atoms with Crippen LogP contribution in [0.25, 0.3) is 0 Å². The molecule has 0 atom stereocenters. The highest BCUT2D eigenvalue weighted by atomic mass is 32.2. The molecular formula is C7H8N4S. The molecule has 0 fully saturated rings. The van der Waals surface area contributed by atoms with E-state index in [9.17, 15) is 0 Å². The van der Waals surface area contributed by atoms with Crippen LogP contribution in [0, 0.1) is 11.3 Å². The molecule has 0 amide bonds. The highest BCUT2D eigenvalue weighted by molar-refractivity contribution is 7.98. The maximum Gasteiger partial charge on any atom is 0.223 e. The summed E-state index contributed by atoms with van der Waals surface area (Å²) >= 11 is 1.58. The molecule has 0 aliphatic carbocycles. The quantitative estimate of drug-likeness (QED) is 0.558. The molecule has 0 spiro atoms. The number of hydrogen-bond acceptors (Lipinski definition) is 5. The maximum atomic E-state index is 8.26. The number of nitrogens with zero attached hydrogens (tertiary/aromatic N) is 3. The van der Waals surface area contributed by atoms with E-state index >= 15 is 0 Å². The van der Waals surface area contributed by atoms with Crippen LogP contribution in [-0.2, 0) is 0 Å². The Labute approximate surface area is 75.0 Å². The Morgan fingerprint density at radius 2 is 2.25 bits per heavy atom. The van der Waals surface area contributed by atoms with Crippen molar-refractivity contribution in [2.24, 2.45) is 0 Å². The van der Waals surface area contributed by atoms with E-state index in [0.29, 0.717) is 5.95 Å². The molecule has 0 aliphatic rings. The van der Waals surface area contributed by atoms with Crippen molar-refractivity contribution in [2.45, 2.75) is 4.90 Å². The summed E-state index contributed by atoms with van der Waals surface area (Å²) in [4.78, 5) is 9.00. The molecule has 12 heavy (non-hydrogen) atoms. The number of aromatic nitrogens is 2. The van der Waals surface area contributed by atoms with E-state index in [0.717, 1.165) is 4.90 Å². The van der Waals surface area contributed by atoms with Crippen molar-refractivity contribution in [2.75, 3.05) is 18.1 Å². The van der Waals surface area contributed by atoms with Crippen LogP contribution < -0.4 is 5.32 Å². The highest BCUT2D eigenvalue weighted by Gasteiger charge is 1.93. The van der Waals surface area contributed by atoms with Gasteiger partial charge in [0.05, 0.1) is 6.07 Å². The summed E-state index contributed by atoms with van der Waals surface area (Å²) in [7, 11) is 0. The number of anilines is 1. The average Bonchev–Trinajstić information content (AvgIpc) is 2.15. The van der Waals surface area contributed by atoms with Gasteiger partial charge in [-0.1, -0.05) is 0 Å². The minimum Gasteiger partial charge on any atom is -0.341 e. The largest absolute Gasteiger partial charge is 0.341 e. The maximum absolute atomic E-state index is 8.26. The zero-order valence-electron chi connectivity index (χ0n) is 6.61. The second-order valence-electron chi connectivity index (χ2n) is 1.96. The van der Waals surface area contributed by atoms with Gasteiger partial charge in [-0.3, -0.25) is 0 Å². The standard InChI is InChI=1S/C7H8N4S/c1-12-6-4-10-7(11-5-6)9-3-2-8/h4-5H,3H2,1H3,(H,9,10,11). The van der Waals surface area contributed by atoms with Gasteiger partial charge < -0.3 is 5.32 Å². The Morgan fingerprint density at radius 3 is 2.75 bits per heavy atom. The van der Waals surface area contributed by atoms with Crippen molar-refractivity contribution in [3.05, 3.63) is 12.4 Å². The summed E-state index contributed by atoms with van der Waals surface area (Å²) in [6.07, 6.45) is 5.40. The molecule has 0 unspecified atom stereocenters. The van der Waals surface area contributed by atoms with Gasteiger partial charge in [0.1, 0.15) is 6.54 Å². The number of rotatable bonds is 3. The second kappa shape index (κ2) is 4.57. The first-order valence-corrected chi connectivity index (χ1v) is 4.56. The molecule has 0 bridgehead atoms. The van der Waals surface area contributed by atoms with Crippen molar-refractivity contribution in [3.63, 3.8) is 0 Å². The van der Waals surface area contributed by atoms with Crippen LogP contribution in [0.15, 0.2) is 17.3 Å². The van der Waals surface area contributed by atoms with E-state index in [4.69, 9.17) is 5.26 Å². The molecule has 0 aromatic carbocycles. The summed E-state index contributed by atoms with van der Waals surface area (Å²) in [6, 6.07) is 1.95. The summed E-state index contributed by atoms with van der Waals surface area (Å²) in [6.45, 7) is 0.235. The number of thioether (sulfide) groups is 1. The van der Waals surface area contributed by atoms with Crippen molar-refractivity contribution < 1.29 is 0 Å². The van der Waals surface area contributed by atoms with Crippen molar-refractivity contribution >= 4 is 17.7 Å². The zero-order chi connectivity index (χ0) is 8.81. The monoisotopic (exact) mass is 180 g/mol. The molecule has 5 heteroatoms. The SMILES string of the molecule is CSc1cnc(NCC#N)nc1. The van der Waals surface area contributed by atoms with Gasteiger partial charge in [-0.05, 0) is 6.26 Å². The molecule has 1 N–H and O–H groups in total. The van der Waals surface area contributed by atoms with Crippen LogP contribution in [0.4, 0.5) is 5.95 Å². The van der Waals surface area contributed by atoms with Crippen molar-refractivity contribution in [1.29, 1.82) is 5.26 Å². The fourth-order valence-electron chi connectivity index (χ4n) is 0.631. The molecule has 1 aromatic rings. The highest BCUT2D eigenvalue weighted by Crippen LogP contribution is 2.11. The molecular weight excluding hydrogens is 172 g/mol. The zero-order valence-corrected chi connectivity index (χ0v) is 7.43. The molecule has 1 aromatic heterocycles. The molecule has 0 saturated heterocycles. The van der Waals surface area contributed by atoms with E-state index < -0.39 is 0 Å². The number of nitriles is 1. The third-order valence-electron chi connectivity index (χ3n) is 1.19. The molecule has 1 heterocycles. The van der Waals surface area contributed by atoms with Gasteiger partial charge in [0.2, 0.25) is 5.95 Å². The Hall–Kier alpha value is -1.28. The first-order chi connectivity index (χ1) is 5.86. The summed E-state index contributed by atoms with van der Waals surface area (Å²) in [5.41, 5.74) is 0. The fourth-order valence-corrected chi connectivity index (χ4v) is 0.948. The van der Waals surface area contributed by atoms with E-state index in [-0.39, 0.29) is 6.54 Å². The lowest BCUT2D eigenvalue weighted by molar-refractivity contribution is 1.07. The van der Waals surface area contributed by atoms with Crippen LogP contribution in [0.3, 0.4) is 0 Å². The minimum atomic E-state index is 0.235. The molecule has 4 nitrogen and oxygen atoms in total. The van der Waals surface area contributed by atoms with Crippen LogP contribution >= 0.6 is 11.8 Å². The third kappa shape index (κ3) is 2.40. The molecule has 62 valence electrons. The lowest BCUT2D eigenvalue weighted by atomic mass is 10.6. The Kier molecular flexibility index (Phi) is 3.35. The third-order valence-corrected chi connectivity index (χ3v) is 1.87. The van der Waals surface area contributed by atoms with E-state index in [1.807, 2.05) is 12.3 Å². The van der Waals surface area contributed by atoms with Gasteiger partial charge >= 0.3 is 0 Å². The van der Waals surface area contributed by atoms with Crippen molar-refractivity contribution in [1.82, 2.24) is 9.97 Å². The first-order valence-electron chi connectivity index (χ1n) is 3.33. The Balaban J connectivity index is 2.60. The number of hydrogen-bond donors (Lipinski definition) is 1.